The lowest BCUT2D eigenvalue weighted by atomic mass is 9.99. The summed E-state index contributed by atoms with van der Waals surface area (Å²) in [5.74, 6) is -0.606. The minimum Gasteiger partial charge on any atom is -0.349 e. The largest absolute Gasteiger partial charge is 0.349 e. The summed E-state index contributed by atoms with van der Waals surface area (Å²) in [5, 5.41) is 15.2. The van der Waals surface area contributed by atoms with Crippen LogP contribution in [0.5, 0.6) is 0 Å². The Morgan fingerprint density at radius 2 is 1.91 bits per heavy atom. The van der Waals surface area contributed by atoms with Gasteiger partial charge < -0.3 is 16.0 Å². The molecule has 2 aromatic carbocycles. The second-order valence-corrected chi connectivity index (χ2v) is 8.62. The van der Waals surface area contributed by atoms with Gasteiger partial charge in [-0.1, -0.05) is 36.8 Å². The lowest BCUT2D eigenvalue weighted by Crippen LogP contribution is -2.43. The predicted octanol–water partition coefficient (Wildman–Crippen LogP) is 3.00. The molecule has 0 saturated carbocycles. The van der Waals surface area contributed by atoms with Crippen LogP contribution in [0.2, 0.25) is 0 Å². The van der Waals surface area contributed by atoms with Gasteiger partial charge in [-0.05, 0) is 53.9 Å². The lowest BCUT2D eigenvalue weighted by Gasteiger charge is -2.23. The van der Waals surface area contributed by atoms with E-state index in [1.165, 1.54) is 6.33 Å². The number of hydrogen-bond acceptors (Lipinski definition) is 6. The van der Waals surface area contributed by atoms with E-state index in [-0.39, 0.29) is 23.6 Å². The van der Waals surface area contributed by atoms with Crippen LogP contribution >= 0.6 is 0 Å². The Morgan fingerprint density at radius 1 is 1.03 bits per heavy atom. The third-order valence-corrected chi connectivity index (χ3v) is 6.25. The monoisotopic (exact) mass is 469 g/mol. The molecule has 1 aliphatic heterocycles. The van der Waals surface area contributed by atoms with Crippen LogP contribution in [0.3, 0.4) is 0 Å². The van der Waals surface area contributed by atoms with Crippen molar-refractivity contribution >= 4 is 28.3 Å². The maximum atomic E-state index is 13.3. The minimum atomic E-state index is -0.304. The molecular weight excluding hydrogens is 442 g/mol. The first-order valence-electron chi connectivity index (χ1n) is 11.8. The van der Waals surface area contributed by atoms with Crippen LogP contribution in [-0.2, 0) is 6.54 Å². The van der Waals surface area contributed by atoms with Gasteiger partial charge >= 0.3 is 0 Å². The van der Waals surface area contributed by atoms with Gasteiger partial charge in [-0.25, -0.2) is 14.6 Å². The fraction of sp³-hybridized carbons (Fsp3) is 0.269. The van der Waals surface area contributed by atoms with Crippen molar-refractivity contribution in [2.75, 3.05) is 18.4 Å². The number of nitrogens with one attached hydrogen (secondary N) is 3. The van der Waals surface area contributed by atoms with Crippen molar-refractivity contribution < 1.29 is 9.59 Å². The number of piperidine rings is 1. The number of pyridine rings is 1. The Morgan fingerprint density at radius 3 is 2.71 bits per heavy atom. The Bertz CT molecular complexity index is 1330. The van der Waals surface area contributed by atoms with Crippen LogP contribution in [0.1, 0.15) is 45.7 Å². The average molecular weight is 470 g/mol. The summed E-state index contributed by atoms with van der Waals surface area (Å²) >= 11 is 0. The molecule has 3 heterocycles. The van der Waals surface area contributed by atoms with Crippen LogP contribution < -0.4 is 16.0 Å². The molecule has 3 N–H and O–H groups in total. The molecule has 9 nitrogen and oxygen atoms in total. The molecule has 0 bridgehead atoms. The molecule has 0 radical (unpaired) electrons. The molecule has 1 aliphatic rings. The van der Waals surface area contributed by atoms with E-state index in [9.17, 15) is 9.59 Å². The SMILES string of the molecule is O=C(NCC1CCCCN1)c1ncccc1NC(=O)c1ccc(Cn2cncn2)c2ccccc12. The predicted molar refractivity (Wildman–Crippen MR) is 133 cm³/mol. The molecule has 178 valence electrons. The number of benzene rings is 2. The normalized spacial score (nSPS) is 15.6. The highest BCUT2D eigenvalue weighted by molar-refractivity contribution is 6.15. The number of carbonyl (C=O) groups excluding carboxylic acids is 2. The fourth-order valence-corrected chi connectivity index (χ4v) is 4.46. The van der Waals surface area contributed by atoms with Crippen molar-refractivity contribution in [3.63, 3.8) is 0 Å². The maximum Gasteiger partial charge on any atom is 0.272 e. The van der Waals surface area contributed by atoms with Crippen molar-refractivity contribution in [1.82, 2.24) is 30.4 Å². The Kier molecular flexibility index (Phi) is 6.76. The lowest BCUT2D eigenvalue weighted by molar-refractivity contribution is 0.0943. The summed E-state index contributed by atoms with van der Waals surface area (Å²) in [4.78, 5) is 34.4. The zero-order valence-corrected chi connectivity index (χ0v) is 19.3. The van der Waals surface area contributed by atoms with E-state index in [4.69, 9.17) is 0 Å². The molecule has 1 unspecified atom stereocenters. The van der Waals surface area contributed by atoms with Crippen molar-refractivity contribution in [3.05, 3.63) is 84.2 Å². The molecule has 2 aromatic heterocycles. The molecule has 35 heavy (non-hydrogen) atoms. The molecular formula is C26H27N7O2. The number of fused-ring (bicyclic) bond motifs is 1. The summed E-state index contributed by atoms with van der Waals surface area (Å²) in [6, 6.07) is 15.1. The average Bonchev–Trinajstić information content (AvgIpc) is 3.41. The van der Waals surface area contributed by atoms with Crippen LogP contribution in [0.15, 0.2) is 67.4 Å². The minimum absolute atomic E-state index is 0.198. The van der Waals surface area contributed by atoms with Gasteiger partial charge in [-0.15, -0.1) is 0 Å². The summed E-state index contributed by atoms with van der Waals surface area (Å²) < 4.78 is 1.74. The van der Waals surface area contributed by atoms with Crippen LogP contribution in [-0.4, -0.2) is 50.7 Å². The van der Waals surface area contributed by atoms with E-state index in [0.29, 0.717) is 24.3 Å². The van der Waals surface area contributed by atoms with Gasteiger partial charge in [-0.2, -0.15) is 5.10 Å². The number of anilines is 1. The number of amides is 2. The summed E-state index contributed by atoms with van der Waals surface area (Å²) in [6.07, 6.45) is 8.07. The van der Waals surface area contributed by atoms with Gasteiger partial charge in [0.25, 0.3) is 11.8 Å². The van der Waals surface area contributed by atoms with E-state index in [2.05, 4.69) is 31.0 Å². The molecule has 2 amide bonds. The van der Waals surface area contributed by atoms with Crippen molar-refractivity contribution in [1.29, 1.82) is 0 Å². The Hall–Kier alpha value is -4.11. The first kappa shape index (κ1) is 22.7. The van der Waals surface area contributed by atoms with Crippen molar-refractivity contribution in [2.45, 2.75) is 31.8 Å². The van der Waals surface area contributed by atoms with Gasteiger partial charge in [-0.3, -0.25) is 9.59 Å². The van der Waals surface area contributed by atoms with Gasteiger partial charge in [0.2, 0.25) is 0 Å². The van der Waals surface area contributed by atoms with Crippen LogP contribution in [0, 0.1) is 0 Å². The highest BCUT2D eigenvalue weighted by atomic mass is 16.2. The molecule has 4 aromatic rings. The number of nitrogens with zero attached hydrogens (tertiary/aromatic N) is 4. The van der Waals surface area contributed by atoms with Gasteiger partial charge in [0.1, 0.15) is 12.7 Å². The molecule has 0 aliphatic carbocycles. The van der Waals surface area contributed by atoms with Gasteiger partial charge in [0.05, 0.1) is 12.2 Å². The number of aromatic nitrogens is 4. The summed E-state index contributed by atoms with van der Waals surface area (Å²) in [7, 11) is 0. The van der Waals surface area contributed by atoms with Crippen molar-refractivity contribution in [3.8, 4) is 0 Å². The van der Waals surface area contributed by atoms with Crippen molar-refractivity contribution in [2.24, 2.45) is 0 Å². The third-order valence-electron chi connectivity index (χ3n) is 6.25. The first-order chi connectivity index (χ1) is 17.2. The van der Waals surface area contributed by atoms with E-state index in [0.717, 1.165) is 42.1 Å². The van der Waals surface area contributed by atoms with E-state index >= 15 is 0 Å². The molecule has 0 spiro atoms. The Labute approximate surface area is 203 Å². The molecule has 5 rings (SSSR count). The third kappa shape index (κ3) is 5.20. The highest BCUT2D eigenvalue weighted by Gasteiger charge is 2.19. The van der Waals surface area contributed by atoms with Crippen LogP contribution in [0.4, 0.5) is 5.69 Å². The van der Waals surface area contributed by atoms with E-state index in [1.54, 1.807) is 35.4 Å². The second kappa shape index (κ2) is 10.4. The highest BCUT2D eigenvalue weighted by Crippen LogP contribution is 2.25. The first-order valence-corrected chi connectivity index (χ1v) is 11.8. The summed E-state index contributed by atoms with van der Waals surface area (Å²) in [6.45, 7) is 2.04. The number of hydrogen-bond donors (Lipinski definition) is 3. The zero-order chi connectivity index (χ0) is 24.0. The fourth-order valence-electron chi connectivity index (χ4n) is 4.46. The topological polar surface area (TPSA) is 114 Å². The quantitative estimate of drug-likeness (QED) is 0.383. The van der Waals surface area contributed by atoms with Gasteiger partial charge in [0.15, 0.2) is 5.69 Å². The molecule has 1 saturated heterocycles. The van der Waals surface area contributed by atoms with E-state index < -0.39 is 0 Å². The molecule has 1 atom stereocenters. The maximum absolute atomic E-state index is 13.3. The zero-order valence-electron chi connectivity index (χ0n) is 19.3. The smallest absolute Gasteiger partial charge is 0.272 e. The molecule has 9 heteroatoms. The van der Waals surface area contributed by atoms with E-state index in [1.807, 2.05) is 30.3 Å². The standard InChI is InChI=1S/C26H27N7O2/c34-25(22-11-10-18(15-33-17-27-16-31-33)20-7-1-2-8-21(20)22)32-23-9-5-13-29-24(23)26(35)30-14-19-6-3-4-12-28-19/h1-2,5,7-11,13,16-17,19,28H,3-4,6,12,14-15H2,(H,30,35)(H,32,34). The number of carbonyl (C=O) groups is 2. The molecule has 1 fully saturated rings. The van der Waals surface area contributed by atoms with Gasteiger partial charge in [0, 0.05) is 24.3 Å². The Balaban J connectivity index is 1.35. The summed E-state index contributed by atoms with van der Waals surface area (Å²) in [5.41, 5.74) is 2.12. The van der Waals surface area contributed by atoms with Crippen LogP contribution in [0.25, 0.3) is 10.8 Å². The second-order valence-electron chi connectivity index (χ2n) is 8.62. The number of rotatable bonds is 7.